The quantitative estimate of drug-likeness (QED) is 0.815. The summed E-state index contributed by atoms with van der Waals surface area (Å²) in [4.78, 5) is 2.59. The molecule has 2 saturated carbocycles. The van der Waals surface area contributed by atoms with E-state index in [1.165, 1.54) is 71.1 Å². The Morgan fingerprint density at radius 2 is 2.00 bits per heavy atom. The van der Waals surface area contributed by atoms with Crippen molar-refractivity contribution in [3.8, 4) is 0 Å². The second kappa shape index (κ2) is 6.97. The van der Waals surface area contributed by atoms with Crippen molar-refractivity contribution in [2.75, 3.05) is 32.8 Å². The smallest absolute Gasteiger partial charge is 0.0661 e. The van der Waals surface area contributed by atoms with Crippen molar-refractivity contribution < 1.29 is 4.74 Å². The van der Waals surface area contributed by atoms with Gasteiger partial charge >= 0.3 is 0 Å². The van der Waals surface area contributed by atoms with Crippen molar-refractivity contribution in [2.45, 2.75) is 70.9 Å². The predicted molar refractivity (Wildman–Crippen MR) is 87.6 cm³/mol. The first kappa shape index (κ1) is 15.8. The minimum Gasteiger partial charge on any atom is -0.378 e. The number of rotatable bonds is 6. The molecule has 0 aromatic heterocycles. The van der Waals surface area contributed by atoms with E-state index in [0.717, 1.165) is 18.6 Å². The van der Waals surface area contributed by atoms with E-state index in [-0.39, 0.29) is 0 Å². The summed E-state index contributed by atoms with van der Waals surface area (Å²) in [5.41, 5.74) is 0.483. The van der Waals surface area contributed by atoms with Crippen molar-refractivity contribution in [2.24, 2.45) is 11.3 Å². The molecule has 3 rings (SSSR count). The van der Waals surface area contributed by atoms with Gasteiger partial charge in [0.25, 0.3) is 0 Å². The number of ether oxygens (including phenoxy) is 1. The van der Waals surface area contributed by atoms with Crippen LogP contribution < -0.4 is 5.32 Å². The third-order valence-corrected chi connectivity index (χ3v) is 6.41. The van der Waals surface area contributed by atoms with Crippen LogP contribution in [0.5, 0.6) is 0 Å². The SMILES string of the molecule is CCOC1CC(NCC2CCN(CC)C2)C12CCCCC2. The van der Waals surface area contributed by atoms with E-state index < -0.39 is 0 Å². The molecule has 21 heavy (non-hydrogen) atoms. The lowest BCUT2D eigenvalue weighted by Crippen LogP contribution is -2.65. The molecule has 2 aliphatic carbocycles. The van der Waals surface area contributed by atoms with Gasteiger partial charge in [0, 0.05) is 24.6 Å². The lowest BCUT2D eigenvalue weighted by atomic mass is 9.55. The van der Waals surface area contributed by atoms with Crippen molar-refractivity contribution in [1.29, 1.82) is 0 Å². The highest BCUT2D eigenvalue weighted by Gasteiger charge is 2.55. The van der Waals surface area contributed by atoms with E-state index in [2.05, 4.69) is 24.1 Å². The minimum atomic E-state index is 0.483. The summed E-state index contributed by atoms with van der Waals surface area (Å²) in [5.74, 6) is 0.872. The second-order valence-corrected chi connectivity index (χ2v) is 7.48. The zero-order valence-electron chi connectivity index (χ0n) is 14.1. The average Bonchev–Trinajstić information content (AvgIpc) is 2.99. The maximum absolute atomic E-state index is 6.06. The van der Waals surface area contributed by atoms with Gasteiger partial charge in [-0.2, -0.15) is 0 Å². The molecule has 3 unspecified atom stereocenters. The van der Waals surface area contributed by atoms with Crippen LogP contribution in [-0.2, 0) is 4.74 Å². The Kier molecular flexibility index (Phi) is 5.23. The fraction of sp³-hybridized carbons (Fsp3) is 1.00. The standard InChI is InChI=1S/C18H34N2O/c1-3-20-11-8-15(14-20)13-19-16-12-17(21-4-2)18(16)9-6-5-7-10-18/h15-17,19H,3-14H2,1-2H3. The molecule has 3 aliphatic rings. The van der Waals surface area contributed by atoms with E-state index in [1.807, 2.05) is 0 Å². The lowest BCUT2D eigenvalue weighted by molar-refractivity contribution is -0.150. The summed E-state index contributed by atoms with van der Waals surface area (Å²) < 4.78 is 6.06. The fourth-order valence-electron chi connectivity index (χ4n) is 5.03. The van der Waals surface area contributed by atoms with Gasteiger partial charge in [-0.3, -0.25) is 0 Å². The molecule has 0 aromatic carbocycles. The van der Waals surface area contributed by atoms with Crippen LogP contribution in [-0.4, -0.2) is 49.8 Å². The average molecular weight is 294 g/mol. The van der Waals surface area contributed by atoms with Crippen LogP contribution >= 0.6 is 0 Å². The predicted octanol–water partition coefficient (Wildman–Crippen LogP) is 3.05. The molecule has 3 heteroatoms. The number of hydrogen-bond donors (Lipinski definition) is 1. The molecule has 1 N–H and O–H groups in total. The van der Waals surface area contributed by atoms with Crippen LogP contribution in [0, 0.1) is 11.3 Å². The molecule has 1 spiro atoms. The Morgan fingerprint density at radius 1 is 1.19 bits per heavy atom. The van der Waals surface area contributed by atoms with Gasteiger partial charge in [-0.25, -0.2) is 0 Å². The van der Waals surface area contributed by atoms with Crippen LogP contribution in [0.3, 0.4) is 0 Å². The first-order valence-electron chi connectivity index (χ1n) is 9.36. The zero-order chi connectivity index (χ0) is 14.7. The Hall–Kier alpha value is -0.120. The number of likely N-dealkylation sites (tertiary alicyclic amines) is 1. The molecule has 3 fully saturated rings. The zero-order valence-corrected chi connectivity index (χ0v) is 14.1. The number of hydrogen-bond acceptors (Lipinski definition) is 3. The molecule has 3 nitrogen and oxygen atoms in total. The Morgan fingerprint density at radius 3 is 2.67 bits per heavy atom. The Bertz CT molecular complexity index is 327. The van der Waals surface area contributed by atoms with Gasteiger partial charge in [-0.1, -0.05) is 26.2 Å². The lowest BCUT2D eigenvalue weighted by Gasteiger charge is -2.58. The third-order valence-electron chi connectivity index (χ3n) is 6.41. The minimum absolute atomic E-state index is 0.483. The summed E-state index contributed by atoms with van der Waals surface area (Å²) in [6, 6.07) is 0.727. The van der Waals surface area contributed by atoms with Crippen molar-refractivity contribution in [1.82, 2.24) is 10.2 Å². The van der Waals surface area contributed by atoms with Gasteiger partial charge in [0.1, 0.15) is 0 Å². The van der Waals surface area contributed by atoms with Crippen molar-refractivity contribution in [3.63, 3.8) is 0 Å². The van der Waals surface area contributed by atoms with E-state index in [0.29, 0.717) is 11.5 Å². The van der Waals surface area contributed by atoms with Crippen LogP contribution in [0.2, 0.25) is 0 Å². The third kappa shape index (κ3) is 3.16. The Balaban J connectivity index is 1.51. The molecule has 0 aromatic rings. The summed E-state index contributed by atoms with van der Waals surface area (Å²) >= 11 is 0. The van der Waals surface area contributed by atoms with Gasteiger partial charge in [0.15, 0.2) is 0 Å². The summed E-state index contributed by atoms with van der Waals surface area (Å²) in [7, 11) is 0. The van der Waals surface area contributed by atoms with Crippen LogP contribution in [0.15, 0.2) is 0 Å². The Labute approximate surface area is 130 Å². The molecular formula is C18H34N2O. The van der Waals surface area contributed by atoms with Crippen molar-refractivity contribution >= 4 is 0 Å². The number of nitrogens with zero attached hydrogens (tertiary/aromatic N) is 1. The topological polar surface area (TPSA) is 24.5 Å². The summed E-state index contributed by atoms with van der Waals surface area (Å²) in [6.45, 7) is 10.4. The highest BCUT2D eigenvalue weighted by Crippen LogP contribution is 2.53. The highest BCUT2D eigenvalue weighted by atomic mass is 16.5. The number of nitrogens with one attached hydrogen (secondary N) is 1. The molecule has 0 bridgehead atoms. The monoisotopic (exact) mass is 294 g/mol. The van der Waals surface area contributed by atoms with Gasteiger partial charge in [-0.15, -0.1) is 0 Å². The van der Waals surface area contributed by atoms with E-state index in [4.69, 9.17) is 4.74 Å². The first-order chi connectivity index (χ1) is 10.3. The summed E-state index contributed by atoms with van der Waals surface area (Å²) in [6.07, 6.45) is 10.2. The van der Waals surface area contributed by atoms with E-state index in [9.17, 15) is 0 Å². The highest BCUT2D eigenvalue weighted by molar-refractivity contribution is 5.09. The maximum Gasteiger partial charge on any atom is 0.0661 e. The summed E-state index contributed by atoms with van der Waals surface area (Å²) in [5, 5.41) is 3.95. The molecule has 0 radical (unpaired) electrons. The van der Waals surface area contributed by atoms with Gasteiger partial charge in [-0.05, 0) is 58.2 Å². The van der Waals surface area contributed by atoms with Crippen LogP contribution in [0.1, 0.15) is 58.8 Å². The van der Waals surface area contributed by atoms with Gasteiger partial charge < -0.3 is 15.0 Å². The largest absolute Gasteiger partial charge is 0.378 e. The van der Waals surface area contributed by atoms with Crippen molar-refractivity contribution in [3.05, 3.63) is 0 Å². The molecule has 3 atom stereocenters. The molecule has 1 heterocycles. The van der Waals surface area contributed by atoms with Gasteiger partial charge in [0.05, 0.1) is 6.10 Å². The second-order valence-electron chi connectivity index (χ2n) is 7.48. The van der Waals surface area contributed by atoms with Crippen LogP contribution in [0.4, 0.5) is 0 Å². The van der Waals surface area contributed by atoms with Crippen LogP contribution in [0.25, 0.3) is 0 Å². The first-order valence-corrected chi connectivity index (χ1v) is 9.36. The normalized spacial score (nSPS) is 36.0. The molecule has 1 saturated heterocycles. The molecule has 0 amide bonds. The van der Waals surface area contributed by atoms with E-state index >= 15 is 0 Å². The molecular weight excluding hydrogens is 260 g/mol. The van der Waals surface area contributed by atoms with E-state index in [1.54, 1.807) is 0 Å². The molecule has 1 aliphatic heterocycles. The maximum atomic E-state index is 6.06. The fourth-order valence-corrected chi connectivity index (χ4v) is 5.03. The van der Waals surface area contributed by atoms with Gasteiger partial charge in [0.2, 0.25) is 0 Å². The molecule has 122 valence electrons.